The zero-order valence-corrected chi connectivity index (χ0v) is 8.34. The Labute approximate surface area is 80.5 Å². The maximum Gasteiger partial charge on any atom is 0.0681 e. The molecule has 3 aliphatic carbocycles. The first kappa shape index (κ1) is 8.28. The smallest absolute Gasteiger partial charge is 0.0681 e. The van der Waals surface area contributed by atoms with Crippen molar-refractivity contribution in [2.45, 2.75) is 57.0 Å². The maximum atomic E-state index is 10.5. The molecule has 0 bridgehead atoms. The summed E-state index contributed by atoms with van der Waals surface area (Å²) in [6.45, 7) is 0. The van der Waals surface area contributed by atoms with Crippen LogP contribution < -0.4 is 0 Å². The largest absolute Gasteiger partial charge is 0.390 e. The predicted molar refractivity (Wildman–Crippen MR) is 52.4 cm³/mol. The number of rotatable bonds is 1. The lowest BCUT2D eigenvalue weighted by Crippen LogP contribution is -2.28. The average Bonchev–Trinajstić information content (AvgIpc) is 2.75. The Bertz CT molecular complexity index is 193. The van der Waals surface area contributed by atoms with E-state index in [1.54, 1.807) is 0 Å². The third-order valence-corrected chi connectivity index (χ3v) is 4.75. The molecule has 0 radical (unpaired) electrons. The second-order valence-corrected chi connectivity index (χ2v) is 5.45. The molecular formula is C12H20O. The van der Waals surface area contributed by atoms with Gasteiger partial charge in [-0.25, -0.2) is 0 Å². The SMILES string of the molecule is OC1(C2[C@H]3CCCC[C@@H]23)CCCC1. The molecule has 0 aromatic carbocycles. The Hall–Kier alpha value is -0.0400. The second kappa shape index (κ2) is 2.73. The highest BCUT2D eigenvalue weighted by Crippen LogP contribution is 2.62. The average molecular weight is 180 g/mol. The van der Waals surface area contributed by atoms with Crippen LogP contribution in [0.25, 0.3) is 0 Å². The minimum atomic E-state index is -0.209. The van der Waals surface area contributed by atoms with Gasteiger partial charge in [0.1, 0.15) is 0 Å². The van der Waals surface area contributed by atoms with E-state index in [1.165, 1.54) is 38.5 Å². The minimum Gasteiger partial charge on any atom is -0.390 e. The van der Waals surface area contributed by atoms with Gasteiger partial charge in [0.2, 0.25) is 0 Å². The van der Waals surface area contributed by atoms with Gasteiger partial charge < -0.3 is 5.11 Å². The molecule has 0 saturated heterocycles. The fourth-order valence-electron chi connectivity index (χ4n) is 4.11. The topological polar surface area (TPSA) is 20.2 Å². The normalized spacial score (nSPS) is 47.3. The van der Waals surface area contributed by atoms with Crippen LogP contribution in [0, 0.1) is 17.8 Å². The molecule has 3 atom stereocenters. The summed E-state index contributed by atoms with van der Waals surface area (Å²) in [5.41, 5.74) is -0.209. The quantitative estimate of drug-likeness (QED) is 0.658. The molecule has 3 saturated carbocycles. The summed E-state index contributed by atoms with van der Waals surface area (Å²) in [6.07, 6.45) is 10.4. The van der Waals surface area contributed by atoms with Crippen molar-refractivity contribution in [3.05, 3.63) is 0 Å². The van der Waals surface area contributed by atoms with Gasteiger partial charge in [0, 0.05) is 0 Å². The number of fused-ring (bicyclic) bond motifs is 1. The van der Waals surface area contributed by atoms with Crippen molar-refractivity contribution in [2.24, 2.45) is 17.8 Å². The Balaban J connectivity index is 1.73. The summed E-state index contributed by atoms with van der Waals surface area (Å²) in [7, 11) is 0. The number of hydrogen-bond acceptors (Lipinski definition) is 1. The van der Waals surface area contributed by atoms with E-state index in [0.29, 0.717) is 0 Å². The van der Waals surface area contributed by atoms with E-state index >= 15 is 0 Å². The molecule has 0 amide bonds. The highest BCUT2D eigenvalue weighted by molar-refractivity contribution is 5.10. The molecule has 0 aromatic heterocycles. The monoisotopic (exact) mass is 180 g/mol. The third-order valence-electron chi connectivity index (χ3n) is 4.75. The van der Waals surface area contributed by atoms with E-state index in [4.69, 9.17) is 0 Å². The third kappa shape index (κ3) is 1.16. The van der Waals surface area contributed by atoms with Gasteiger partial charge in [-0.15, -0.1) is 0 Å². The molecule has 1 heteroatoms. The summed E-state index contributed by atoms with van der Waals surface area (Å²) in [5.74, 6) is 2.58. The molecule has 3 rings (SSSR count). The van der Waals surface area contributed by atoms with Crippen molar-refractivity contribution in [1.82, 2.24) is 0 Å². The second-order valence-electron chi connectivity index (χ2n) is 5.45. The molecule has 0 heterocycles. The molecule has 0 aliphatic heterocycles. The van der Waals surface area contributed by atoms with E-state index in [0.717, 1.165) is 30.6 Å². The molecule has 1 N–H and O–H groups in total. The number of aliphatic hydroxyl groups is 1. The molecule has 0 aromatic rings. The van der Waals surface area contributed by atoms with E-state index in [1.807, 2.05) is 0 Å². The van der Waals surface area contributed by atoms with Crippen molar-refractivity contribution in [2.75, 3.05) is 0 Å². The fraction of sp³-hybridized carbons (Fsp3) is 1.00. The molecule has 0 spiro atoms. The lowest BCUT2D eigenvalue weighted by molar-refractivity contribution is 0.0154. The fourth-order valence-corrected chi connectivity index (χ4v) is 4.11. The zero-order chi connectivity index (χ0) is 8.89. The summed E-state index contributed by atoms with van der Waals surface area (Å²) in [4.78, 5) is 0. The predicted octanol–water partition coefficient (Wildman–Crippen LogP) is 2.73. The Kier molecular flexibility index (Phi) is 1.74. The van der Waals surface area contributed by atoms with Crippen LogP contribution in [0.15, 0.2) is 0 Å². The lowest BCUT2D eigenvalue weighted by Gasteiger charge is -2.22. The summed E-state index contributed by atoms with van der Waals surface area (Å²) in [6, 6.07) is 0. The van der Waals surface area contributed by atoms with Crippen LogP contribution in [0.1, 0.15) is 51.4 Å². The van der Waals surface area contributed by atoms with Crippen molar-refractivity contribution in [3.8, 4) is 0 Å². The Morgan fingerprint density at radius 2 is 1.38 bits per heavy atom. The van der Waals surface area contributed by atoms with E-state index in [-0.39, 0.29) is 5.60 Å². The molecule has 3 fully saturated rings. The first-order chi connectivity index (χ1) is 6.31. The molecule has 74 valence electrons. The van der Waals surface area contributed by atoms with Gasteiger partial charge in [-0.3, -0.25) is 0 Å². The zero-order valence-electron chi connectivity index (χ0n) is 8.34. The van der Waals surface area contributed by atoms with Crippen LogP contribution in [0.2, 0.25) is 0 Å². The lowest BCUT2D eigenvalue weighted by atomic mass is 9.93. The minimum absolute atomic E-state index is 0.209. The first-order valence-electron chi connectivity index (χ1n) is 6.04. The van der Waals surface area contributed by atoms with Gasteiger partial charge >= 0.3 is 0 Å². The van der Waals surface area contributed by atoms with E-state index < -0.39 is 0 Å². The standard InChI is InChI=1S/C12H20O/c13-12(7-3-4-8-12)11-9-5-1-2-6-10(9)11/h9-11,13H,1-8H2/t9-,10+,11?. The first-order valence-corrected chi connectivity index (χ1v) is 6.04. The van der Waals surface area contributed by atoms with Gasteiger partial charge in [-0.1, -0.05) is 25.7 Å². The van der Waals surface area contributed by atoms with Gasteiger partial charge in [0.05, 0.1) is 5.60 Å². The van der Waals surface area contributed by atoms with Crippen LogP contribution in [0.5, 0.6) is 0 Å². The molecule has 1 unspecified atom stereocenters. The molecule has 1 nitrogen and oxygen atoms in total. The molecule has 3 aliphatic rings. The maximum absolute atomic E-state index is 10.5. The van der Waals surface area contributed by atoms with E-state index in [2.05, 4.69) is 0 Å². The van der Waals surface area contributed by atoms with Gasteiger partial charge in [-0.05, 0) is 43.4 Å². The molecule has 13 heavy (non-hydrogen) atoms. The summed E-state index contributed by atoms with van der Waals surface area (Å²) in [5, 5.41) is 10.5. The number of hydrogen-bond donors (Lipinski definition) is 1. The highest BCUT2D eigenvalue weighted by atomic mass is 16.3. The highest BCUT2D eigenvalue weighted by Gasteiger charge is 2.60. The Morgan fingerprint density at radius 1 is 0.846 bits per heavy atom. The summed E-state index contributed by atoms with van der Waals surface area (Å²) < 4.78 is 0. The van der Waals surface area contributed by atoms with Crippen LogP contribution >= 0.6 is 0 Å². The van der Waals surface area contributed by atoms with Gasteiger partial charge in [-0.2, -0.15) is 0 Å². The van der Waals surface area contributed by atoms with E-state index in [9.17, 15) is 5.11 Å². The van der Waals surface area contributed by atoms with Crippen molar-refractivity contribution in [3.63, 3.8) is 0 Å². The van der Waals surface area contributed by atoms with Crippen molar-refractivity contribution < 1.29 is 5.11 Å². The Morgan fingerprint density at radius 3 is 1.92 bits per heavy atom. The van der Waals surface area contributed by atoms with Crippen molar-refractivity contribution >= 4 is 0 Å². The molecular weight excluding hydrogens is 160 g/mol. The van der Waals surface area contributed by atoms with Crippen LogP contribution in [0.3, 0.4) is 0 Å². The van der Waals surface area contributed by atoms with Crippen LogP contribution in [0.4, 0.5) is 0 Å². The van der Waals surface area contributed by atoms with Crippen LogP contribution in [-0.4, -0.2) is 10.7 Å². The van der Waals surface area contributed by atoms with Crippen LogP contribution in [-0.2, 0) is 0 Å². The van der Waals surface area contributed by atoms with Gasteiger partial charge in [0.25, 0.3) is 0 Å². The van der Waals surface area contributed by atoms with Gasteiger partial charge in [0.15, 0.2) is 0 Å². The summed E-state index contributed by atoms with van der Waals surface area (Å²) >= 11 is 0. The van der Waals surface area contributed by atoms with Crippen molar-refractivity contribution in [1.29, 1.82) is 0 Å².